The molecule has 1 aromatic rings. The van der Waals surface area contributed by atoms with E-state index >= 15 is 0 Å². The van der Waals surface area contributed by atoms with E-state index in [4.69, 9.17) is 10.8 Å². The van der Waals surface area contributed by atoms with E-state index in [1.54, 1.807) is 18.2 Å². The Labute approximate surface area is 109 Å². The molecule has 1 aromatic carbocycles. The number of nitrogens with two attached hydrogens (primary N) is 1. The van der Waals surface area contributed by atoms with Gasteiger partial charge in [0, 0.05) is 28.7 Å². The van der Waals surface area contributed by atoms with Gasteiger partial charge in [0.15, 0.2) is 0 Å². The highest BCUT2D eigenvalue weighted by atomic mass is 79.9. The minimum Gasteiger partial charge on any atom is -0.398 e. The Bertz CT molecular complexity index is 419. The smallest absolute Gasteiger partial charge is 0.253 e. The lowest BCUT2D eigenvalue weighted by molar-refractivity contribution is 0.0912. The van der Waals surface area contributed by atoms with E-state index in [1.165, 1.54) is 0 Å². The van der Waals surface area contributed by atoms with Crippen LogP contribution in [0.5, 0.6) is 0 Å². The van der Waals surface area contributed by atoms with E-state index in [0.717, 1.165) is 4.47 Å². The van der Waals surface area contributed by atoms with Gasteiger partial charge in [0.25, 0.3) is 5.91 Å². The largest absolute Gasteiger partial charge is 0.398 e. The summed E-state index contributed by atoms with van der Waals surface area (Å²) in [6.07, 6.45) is 0. The van der Waals surface area contributed by atoms with Crippen LogP contribution in [0, 0.1) is 5.41 Å². The van der Waals surface area contributed by atoms with Gasteiger partial charge in [-0.3, -0.25) is 4.79 Å². The number of rotatable bonds is 4. The second-order valence-electron chi connectivity index (χ2n) is 4.74. The summed E-state index contributed by atoms with van der Waals surface area (Å²) < 4.78 is 0.804. The third-order valence-electron chi connectivity index (χ3n) is 2.42. The first-order chi connectivity index (χ1) is 7.85. The molecule has 0 saturated carbocycles. The lowest BCUT2D eigenvalue weighted by Gasteiger charge is -2.22. The average Bonchev–Trinajstić information content (AvgIpc) is 2.29. The highest BCUT2D eigenvalue weighted by molar-refractivity contribution is 9.10. The highest BCUT2D eigenvalue weighted by Gasteiger charge is 2.18. The zero-order valence-corrected chi connectivity index (χ0v) is 11.5. The van der Waals surface area contributed by atoms with Gasteiger partial charge in [0.05, 0.1) is 5.56 Å². The van der Waals surface area contributed by atoms with Crippen molar-refractivity contribution in [3.63, 3.8) is 0 Å². The number of aliphatic hydroxyl groups excluding tert-OH is 1. The average molecular weight is 301 g/mol. The first kappa shape index (κ1) is 14.0. The van der Waals surface area contributed by atoms with Gasteiger partial charge >= 0.3 is 0 Å². The Morgan fingerprint density at radius 1 is 1.53 bits per heavy atom. The van der Waals surface area contributed by atoms with E-state index in [9.17, 15) is 4.79 Å². The second kappa shape index (κ2) is 5.51. The molecule has 0 unspecified atom stereocenters. The third-order valence-corrected chi connectivity index (χ3v) is 2.91. The summed E-state index contributed by atoms with van der Waals surface area (Å²) >= 11 is 3.29. The molecule has 94 valence electrons. The van der Waals surface area contributed by atoms with E-state index in [2.05, 4.69) is 21.2 Å². The molecule has 0 fully saturated rings. The molecule has 17 heavy (non-hydrogen) atoms. The highest BCUT2D eigenvalue weighted by Crippen LogP contribution is 2.19. The summed E-state index contributed by atoms with van der Waals surface area (Å²) in [5.41, 5.74) is 6.27. The third kappa shape index (κ3) is 4.02. The number of carbonyl (C=O) groups excluding carboxylic acids is 1. The first-order valence-electron chi connectivity index (χ1n) is 5.30. The van der Waals surface area contributed by atoms with Crippen molar-refractivity contribution in [1.82, 2.24) is 5.32 Å². The van der Waals surface area contributed by atoms with E-state index < -0.39 is 0 Å². The van der Waals surface area contributed by atoms with Crippen LogP contribution in [-0.4, -0.2) is 24.2 Å². The minimum absolute atomic E-state index is 0.0151. The molecule has 4 N–H and O–H groups in total. The van der Waals surface area contributed by atoms with Crippen molar-refractivity contribution >= 4 is 27.5 Å². The number of benzene rings is 1. The predicted molar refractivity (Wildman–Crippen MR) is 71.8 cm³/mol. The van der Waals surface area contributed by atoms with Gasteiger partial charge < -0.3 is 16.2 Å². The Morgan fingerprint density at radius 2 is 2.18 bits per heavy atom. The molecule has 5 heteroatoms. The van der Waals surface area contributed by atoms with E-state index in [-0.39, 0.29) is 17.9 Å². The standard InChI is InChI=1S/C12H17BrN2O2/c1-12(2,7-16)6-15-11(17)9-5-8(13)3-4-10(9)14/h3-5,16H,6-7,14H2,1-2H3,(H,15,17). The first-order valence-corrected chi connectivity index (χ1v) is 6.09. The number of anilines is 1. The molecule has 0 bridgehead atoms. The fourth-order valence-electron chi connectivity index (χ4n) is 1.20. The summed E-state index contributed by atoms with van der Waals surface area (Å²) in [6.45, 7) is 4.16. The number of halogens is 1. The van der Waals surface area contributed by atoms with Gasteiger partial charge in [-0.15, -0.1) is 0 Å². The van der Waals surface area contributed by atoms with Gasteiger partial charge in [-0.05, 0) is 18.2 Å². The van der Waals surface area contributed by atoms with Crippen LogP contribution in [0.1, 0.15) is 24.2 Å². The molecule has 0 spiro atoms. The number of amides is 1. The van der Waals surface area contributed by atoms with Gasteiger partial charge in [0.2, 0.25) is 0 Å². The Morgan fingerprint density at radius 3 is 2.76 bits per heavy atom. The molecule has 0 aliphatic heterocycles. The van der Waals surface area contributed by atoms with Crippen LogP contribution in [0.3, 0.4) is 0 Å². The number of nitrogens with one attached hydrogen (secondary N) is 1. The van der Waals surface area contributed by atoms with Crippen LogP contribution in [0.25, 0.3) is 0 Å². The maximum Gasteiger partial charge on any atom is 0.253 e. The minimum atomic E-state index is -0.337. The Balaban J connectivity index is 2.74. The van der Waals surface area contributed by atoms with Crippen molar-refractivity contribution in [2.75, 3.05) is 18.9 Å². The lowest BCUT2D eigenvalue weighted by atomic mass is 9.95. The van der Waals surface area contributed by atoms with Gasteiger partial charge in [-0.25, -0.2) is 0 Å². The maximum absolute atomic E-state index is 11.9. The molecule has 0 aliphatic carbocycles. The van der Waals surface area contributed by atoms with Gasteiger partial charge in [0.1, 0.15) is 0 Å². The molecular weight excluding hydrogens is 284 g/mol. The molecule has 0 aliphatic rings. The SMILES string of the molecule is CC(C)(CO)CNC(=O)c1cc(Br)ccc1N. The van der Waals surface area contributed by atoms with Gasteiger partial charge in [-0.2, -0.15) is 0 Å². The van der Waals surface area contributed by atoms with E-state index in [0.29, 0.717) is 17.8 Å². The monoisotopic (exact) mass is 300 g/mol. The summed E-state index contributed by atoms with van der Waals surface area (Å²) in [5.74, 6) is -0.231. The molecule has 1 rings (SSSR count). The lowest BCUT2D eigenvalue weighted by Crippen LogP contribution is -2.36. The van der Waals surface area contributed by atoms with E-state index in [1.807, 2.05) is 13.8 Å². The fraction of sp³-hybridized carbons (Fsp3) is 0.417. The molecule has 0 atom stereocenters. The zero-order chi connectivity index (χ0) is 13.1. The second-order valence-corrected chi connectivity index (χ2v) is 5.65. The van der Waals surface area contributed by atoms with Crippen LogP contribution in [0.4, 0.5) is 5.69 Å². The van der Waals surface area contributed by atoms with Crippen molar-refractivity contribution in [3.05, 3.63) is 28.2 Å². The molecule has 1 amide bonds. The number of nitrogen functional groups attached to an aromatic ring is 1. The van der Waals surface area contributed by atoms with Crippen LogP contribution >= 0.6 is 15.9 Å². The summed E-state index contributed by atoms with van der Waals surface area (Å²) in [4.78, 5) is 11.9. The summed E-state index contributed by atoms with van der Waals surface area (Å²) in [5, 5.41) is 11.9. The number of aliphatic hydroxyl groups is 1. The van der Waals surface area contributed by atoms with Crippen LogP contribution < -0.4 is 11.1 Å². The van der Waals surface area contributed by atoms with Crippen LogP contribution in [0.2, 0.25) is 0 Å². The molecule has 0 heterocycles. The quantitative estimate of drug-likeness (QED) is 0.742. The number of hydrogen-bond acceptors (Lipinski definition) is 3. The van der Waals surface area contributed by atoms with Crippen LogP contribution in [-0.2, 0) is 0 Å². The van der Waals surface area contributed by atoms with Gasteiger partial charge in [-0.1, -0.05) is 29.8 Å². The normalized spacial score (nSPS) is 11.3. The Kier molecular flexibility index (Phi) is 4.54. The van der Waals surface area contributed by atoms with Crippen molar-refractivity contribution in [2.45, 2.75) is 13.8 Å². The fourth-order valence-corrected chi connectivity index (χ4v) is 1.56. The summed E-state index contributed by atoms with van der Waals surface area (Å²) in [6, 6.07) is 5.14. The Hall–Kier alpha value is -1.07. The van der Waals surface area contributed by atoms with Crippen molar-refractivity contribution < 1.29 is 9.90 Å². The molecule has 0 saturated heterocycles. The molecule has 0 radical (unpaired) electrons. The van der Waals surface area contributed by atoms with Crippen molar-refractivity contribution in [3.8, 4) is 0 Å². The topological polar surface area (TPSA) is 75.3 Å². The predicted octanol–water partition coefficient (Wildman–Crippen LogP) is 1.78. The van der Waals surface area contributed by atoms with Crippen LogP contribution in [0.15, 0.2) is 22.7 Å². The van der Waals surface area contributed by atoms with Crippen molar-refractivity contribution in [1.29, 1.82) is 0 Å². The molecular formula is C12H17BrN2O2. The zero-order valence-electron chi connectivity index (χ0n) is 9.96. The number of carbonyl (C=O) groups is 1. The molecule has 4 nitrogen and oxygen atoms in total. The van der Waals surface area contributed by atoms with Crippen molar-refractivity contribution in [2.24, 2.45) is 5.41 Å². The maximum atomic E-state index is 11.9. The summed E-state index contributed by atoms with van der Waals surface area (Å²) in [7, 11) is 0. The number of hydrogen-bond donors (Lipinski definition) is 3. The molecule has 0 aromatic heterocycles.